The molecule has 0 fully saturated rings. The number of fused-ring (bicyclic) bond motifs is 1. The van der Waals surface area contributed by atoms with E-state index in [0.717, 1.165) is 0 Å². The van der Waals surface area contributed by atoms with Crippen molar-refractivity contribution >= 4 is 38.2 Å². The van der Waals surface area contributed by atoms with Crippen LogP contribution in [0.1, 0.15) is 6.92 Å². The zero-order valence-electron chi connectivity index (χ0n) is 14.0. The number of phenols is 1. The van der Waals surface area contributed by atoms with Gasteiger partial charge in [-0.25, -0.2) is 0 Å². The molecule has 0 spiro atoms. The van der Waals surface area contributed by atoms with E-state index < -0.39 is 16.1 Å². The van der Waals surface area contributed by atoms with Crippen LogP contribution in [0.3, 0.4) is 0 Å². The number of carbonyl (C=O) groups is 1. The van der Waals surface area contributed by atoms with E-state index in [9.17, 15) is 18.3 Å². The summed E-state index contributed by atoms with van der Waals surface area (Å²) in [4.78, 5) is 10.7. The monoisotopic (exact) mass is 386 g/mol. The fourth-order valence-electron chi connectivity index (χ4n) is 2.40. The number of carbonyl (C=O) groups excluding carboxylic acids is 1. The lowest BCUT2D eigenvalue weighted by atomic mass is 10.1. The predicted molar refractivity (Wildman–Crippen MR) is 97.4 cm³/mol. The highest BCUT2D eigenvalue weighted by atomic mass is 32.2. The van der Waals surface area contributed by atoms with Crippen LogP contribution in [-0.4, -0.2) is 24.0 Å². The van der Waals surface area contributed by atoms with Gasteiger partial charge in [0.05, 0.1) is 10.6 Å². The second-order valence-electron chi connectivity index (χ2n) is 5.58. The largest absolute Gasteiger partial charge is 0.506 e. The molecule has 27 heavy (non-hydrogen) atoms. The van der Waals surface area contributed by atoms with Gasteiger partial charge in [0.15, 0.2) is 0 Å². The molecule has 3 aromatic rings. The van der Waals surface area contributed by atoms with Crippen LogP contribution in [0.4, 0.5) is 11.4 Å². The lowest BCUT2D eigenvalue weighted by Gasteiger charge is -2.06. The van der Waals surface area contributed by atoms with Crippen LogP contribution in [0.15, 0.2) is 69.7 Å². The Morgan fingerprint density at radius 2 is 1.70 bits per heavy atom. The summed E-state index contributed by atoms with van der Waals surface area (Å²) in [6, 6.07) is 13.0. The number of rotatable bonds is 4. The second-order valence-corrected chi connectivity index (χ2v) is 7.00. The molecule has 3 aromatic carbocycles. The van der Waals surface area contributed by atoms with E-state index >= 15 is 0 Å². The van der Waals surface area contributed by atoms with Crippen LogP contribution in [-0.2, 0) is 14.9 Å². The van der Waals surface area contributed by atoms with Crippen molar-refractivity contribution in [3.05, 3.63) is 54.6 Å². The Hall–Kier alpha value is -3.30. The lowest BCUT2D eigenvalue weighted by Crippen LogP contribution is -2.00. The summed E-state index contributed by atoms with van der Waals surface area (Å²) in [7, 11) is -4.34. The maximum Gasteiger partial charge on any atom is 0.308 e. The van der Waals surface area contributed by atoms with Gasteiger partial charge in [0, 0.05) is 12.3 Å². The van der Waals surface area contributed by atoms with Crippen LogP contribution in [0.25, 0.3) is 10.8 Å². The highest BCUT2D eigenvalue weighted by molar-refractivity contribution is 7.85. The van der Waals surface area contributed by atoms with Gasteiger partial charge in [0.2, 0.25) is 0 Å². The normalized spacial score (nSPS) is 11.8. The average molecular weight is 386 g/mol. The summed E-state index contributed by atoms with van der Waals surface area (Å²) in [5.74, 6) is -0.205. The Kier molecular flexibility index (Phi) is 4.89. The molecule has 0 saturated carbocycles. The molecule has 0 amide bonds. The first-order chi connectivity index (χ1) is 12.7. The van der Waals surface area contributed by atoms with Crippen molar-refractivity contribution in [1.29, 1.82) is 0 Å². The van der Waals surface area contributed by atoms with Gasteiger partial charge in [-0.3, -0.25) is 9.35 Å². The molecule has 0 saturated heterocycles. The minimum absolute atomic E-state index is 0.137. The second kappa shape index (κ2) is 7.14. The van der Waals surface area contributed by atoms with Crippen molar-refractivity contribution in [3.8, 4) is 11.5 Å². The van der Waals surface area contributed by atoms with Crippen LogP contribution in [0.2, 0.25) is 0 Å². The van der Waals surface area contributed by atoms with Crippen molar-refractivity contribution < 1.29 is 27.6 Å². The molecule has 138 valence electrons. The summed E-state index contributed by atoms with van der Waals surface area (Å²) in [6.07, 6.45) is 0. The standard InChI is InChI=1S/C18H14N2O6S/c1-11(21)26-14-5-3-13(4-6-14)19-20-18-16-8-7-15(27(23,24)25)10-12(16)2-9-17(18)22/h2-10,22H,1H3,(H,23,24,25). The number of aromatic hydroxyl groups is 1. The van der Waals surface area contributed by atoms with Crippen molar-refractivity contribution in [1.82, 2.24) is 0 Å². The first-order valence-electron chi connectivity index (χ1n) is 7.67. The lowest BCUT2D eigenvalue weighted by molar-refractivity contribution is -0.131. The number of hydrogen-bond acceptors (Lipinski definition) is 7. The summed E-state index contributed by atoms with van der Waals surface area (Å²) in [5.41, 5.74) is 0.607. The molecule has 9 heteroatoms. The van der Waals surface area contributed by atoms with E-state index in [2.05, 4.69) is 10.2 Å². The van der Waals surface area contributed by atoms with Crippen molar-refractivity contribution in [2.24, 2.45) is 10.2 Å². The zero-order chi connectivity index (χ0) is 19.6. The summed E-state index contributed by atoms with van der Waals surface area (Å²) < 4.78 is 36.6. The third kappa shape index (κ3) is 4.27. The smallest absolute Gasteiger partial charge is 0.308 e. The Morgan fingerprint density at radius 3 is 2.33 bits per heavy atom. The fourth-order valence-corrected chi connectivity index (χ4v) is 2.92. The van der Waals surface area contributed by atoms with Crippen LogP contribution >= 0.6 is 0 Å². The number of hydrogen-bond donors (Lipinski definition) is 2. The van der Waals surface area contributed by atoms with Gasteiger partial charge < -0.3 is 9.84 Å². The van der Waals surface area contributed by atoms with Crippen molar-refractivity contribution in [3.63, 3.8) is 0 Å². The maximum atomic E-state index is 11.3. The molecule has 2 N–H and O–H groups in total. The van der Waals surface area contributed by atoms with Gasteiger partial charge in [0.25, 0.3) is 10.1 Å². The molecule has 0 unspecified atom stereocenters. The Bertz CT molecular complexity index is 1150. The topological polar surface area (TPSA) is 126 Å². The van der Waals surface area contributed by atoms with E-state index in [0.29, 0.717) is 22.2 Å². The number of ether oxygens (including phenoxy) is 1. The summed E-state index contributed by atoms with van der Waals surface area (Å²) >= 11 is 0. The molecule has 0 aliphatic heterocycles. The average Bonchev–Trinajstić information content (AvgIpc) is 2.60. The van der Waals surface area contributed by atoms with E-state index in [-0.39, 0.29) is 16.3 Å². The number of nitrogens with zero attached hydrogens (tertiary/aromatic N) is 2. The molecule has 0 bridgehead atoms. The molecular weight excluding hydrogens is 372 g/mol. The van der Waals surface area contributed by atoms with Crippen molar-refractivity contribution in [2.45, 2.75) is 11.8 Å². The van der Waals surface area contributed by atoms with Crippen LogP contribution in [0.5, 0.6) is 11.5 Å². The van der Waals surface area contributed by atoms with E-state index in [1.807, 2.05) is 0 Å². The van der Waals surface area contributed by atoms with Gasteiger partial charge in [-0.15, -0.1) is 5.11 Å². The summed E-state index contributed by atoms with van der Waals surface area (Å²) in [6.45, 7) is 1.30. The highest BCUT2D eigenvalue weighted by Gasteiger charge is 2.13. The van der Waals surface area contributed by atoms with Crippen LogP contribution in [0, 0.1) is 0 Å². The van der Waals surface area contributed by atoms with Gasteiger partial charge in [-0.05, 0) is 47.9 Å². The summed E-state index contributed by atoms with van der Waals surface area (Å²) in [5, 5.41) is 19.1. The third-order valence-corrected chi connectivity index (χ3v) is 4.45. The zero-order valence-corrected chi connectivity index (χ0v) is 14.8. The Balaban J connectivity index is 1.97. The highest BCUT2D eigenvalue weighted by Crippen LogP contribution is 2.37. The van der Waals surface area contributed by atoms with Crippen molar-refractivity contribution in [2.75, 3.05) is 0 Å². The molecule has 3 rings (SSSR count). The third-order valence-electron chi connectivity index (χ3n) is 3.60. The fraction of sp³-hybridized carbons (Fsp3) is 0.0556. The molecule has 0 radical (unpaired) electrons. The minimum atomic E-state index is -4.34. The molecular formula is C18H14N2O6S. The molecule has 0 heterocycles. The van der Waals surface area contributed by atoms with Gasteiger partial charge in [-0.2, -0.15) is 13.5 Å². The Morgan fingerprint density at radius 1 is 1.00 bits per heavy atom. The van der Waals surface area contributed by atoms with Crippen LogP contribution < -0.4 is 4.74 Å². The SMILES string of the molecule is CC(=O)Oc1ccc(N=Nc2c(O)ccc3cc(S(=O)(=O)O)ccc23)cc1. The number of phenolic OH excluding ortho intramolecular Hbond substituents is 1. The minimum Gasteiger partial charge on any atom is -0.506 e. The maximum absolute atomic E-state index is 11.3. The van der Waals surface area contributed by atoms with Gasteiger partial charge in [-0.1, -0.05) is 12.1 Å². The van der Waals surface area contributed by atoms with Gasteiger partial charge >= 0.3 is 5.97 Å². The van der Waals surface area contributed by atoms with E-state index in [1.54, 1.807) is 24.3 Å². The van der Waals surface area contributed by atoms with E-state index in [1.165, 1.54) is 37.3 Å². The first-order valence-corrected chi connectivity index (χ1v) is 9.11. The quantitative estimate of drug-likeness (QED) is 0.300. The van der Waals surface area contributed by atoms with E-state index in [4.69, 9.17) is 9.29 Å². The first kappa shape index (κ1) is 18.5. The molecule has 0 atom stereocenters. The predicted octanol–water partition coefficient (Wildman–Crippen LogP) is 4.13. The molecule has 0 aliphatic carbocycles. The molecule has 0 aromatic heterocycles. The number of azo groups is 1. The number of benzene rings is 3. The van der Waals surface area contributed by atoms with Gasteiger partial charge in [0.1, 0.15) is 17.2 Å². The molecule has 0 aliphatic rings. The Labute approximate surface area is 154 Å². The number of esters is 1. The molecule has 8 nitrogen and oxygen atoms in total.